The van der Waals surface area contributed by atoms with Crippen molar-refractivity contribution < 1.29 is 39.4 Å². The highest BCUT2D eigenvalue weighted by atomic mass is 16.6. The highest BCUT2D eigenvalue weighted by Gasteiger charge is 2.51. The third-order valence-corrected chi connectivity index (χ3v) is 13.9. The van der Waals surface area contributed by atoms with Crippen molar-refractivity contribution in [2.75, 3.05) is 60.8 Å². The van der Waals surface area contributed by atoms with Gasteiger partial charge in [-0.3, -0.25) is 5.32 Å². The largest absolute Gasteiger partial charge is 0.507 e. The van der Waals surface area contributed by atoms with Gasteiger partial charge < -0.3 is 60.3 Å². The minimum absolute atomic E-state index is 0.0200. The van der Waals surface area contributed by atoms with Gasteiger partial charge in [-0.1, -0.05) is 32.0 Å². The van der Waals surface area contributed by atoms with Gasteiger partial charge in [0.05, 0.1) is 26.0 Å². The Morgan fingerprint density at radius 1 is 0.938 bits per heavy atom. The molecule has 346 valence electrons. The number of likely N-dealkylation sites (N-methyl/N-ethyl adjacent to an activating group) is 1. The summed E-state index contributed by atoms with van der Waals surface area (Å²) in [5, 5.41) is 59.0. The van der Waals surface area contributed by atoms with Crippen LogP contribution in [0, 0.1) is 5.92 Å². The first-order valence-corrected chi connectivity index (χ1v) is 23.1. The molecule has 0 fully saturated rings. The number of aromatic amines is 1. The lowest BCUT2D eigenvalue weighted by Gasteiger charge is -2.48. The summed E-state index contributed by atoms with van der Waals surface area (Å²) in [6, 6.07) is 18.0. The van der Waals surface area contributed by atoms with Crippen LogP contribution in [-0.2, 0) is 24.0 Å². The molecule has 13 nitrogen and oxygen atoms in total. The second kappa shape index (κ2) is 18.3. The van der Waals surface area contributed by atoms with E-state index in [4.69, 9.17) is 18.9 Å². The number of benzene rings is 4. The maximum Gasteiger partial charge on any atom is 0.160 e. The molecule has 0 unspecified atom stereocenters. The van der Waals surface area contributed by atoms with Crippen LogP contribution in [0.25, 0.3) is 28.1 Å². The quantitative estimate of drug-likeness (QED) is 0.0365. The van der Waals surface area contributed by atoms with Gasteiger partial charge in [-0.2, -0.15) is 0 Å². The molecule has 4 aliphatic rings. The normalized spacial score (nSPS) is 22.8. The number of phenols is 2. The molecule has 0 saturated heterocycles. The van der Waals surface area contributed by atoms with Crippen LogP contribution >= 0.6 is 0 Å². The number of ether oxygens (including phenoxy) is 4. The Labute approximate surface area is 381 Å². The molecule has 3 heterocycles. The Kier molecular flexibility index (Phi) is 12.7. The summed E-state index contributed by atoms with van der Waals surface area (Å²) < 4.78 is 27.1. The molecule has 2 aliphatic carbocycles. The lowest BCUT2D eigenvalue weighted by molar-refractivity contribution is -0.129. The fraction of sp³-hybridized carbons (Fsp3) is 0.462. The smallest absolute Gasteiger partial charge is 0.160 e. The number of hydrogen-bond acceptors (Lipinski definition) is 12. The third kappa shape index (κ3) is 8.37. The average Bonchev–Trinajstić information content (AvgIpc) is 3.77. The van der Waals surface area contributed by atoms with Crippen LogP contribution < -0.4 is 35.5 Å². The number of nitrogens with one attached hydrogen (secondary N) is 5. The van der Waals surface area contributed by atoms with Gasteiger partial charge in [0.25, 0.3) is 0 Å². The van der Waals surface area contributed by atoms with Gasteiger partial charge in [0.1, 0.15) is 29.0 Å². The van der Waals surface area contributed by atoms with E-state index < -0.39 is 23.4 Å². The molecule has 5 aromatic rings. The van der Waals surface area contributed by atoms with Gasteiger partial charge in [-0.05, 0) is 140 Å². The molecule has 0 radical (unpaired) electrons. The van der Waals surface area contributed by atoms with Crippen molar-refractivity contribution in [3.8, 4) is 39.9 Å². The van der Waals surface area contributed by atoms with E-state index in [9.17, 15) is 20.4 Å². The Balaban J connectivity index is 1.23. The predicted octanol–water partition coefficient (Wildman–Crippen LogP) is 6.52. The Morgan fingerprint density at radius 2 is 1.75 bits per heavy atom. The van der Waals surface area contributed by atoms with Crippen LogP contribution in [0.15, 0.2) is 66.4 Å². The second-order valence-corrected chi connectivity index (χ2v) is 19.2. The van der Waals surface area contributed by atoms with Crippen LogP contribution in [-0.4, -0.2) is 104 Å². The van der Waals surface area contributed by atoms with Crippen molar-refractivity contribution in [1.82, 2.24) is 26.3 Å². The van der Waals surface area contributed by atoms with E-state index in [1.54, 1.807) is 12.1 Å². The molecule has 0 saturated carbocycles. The summed E-state index contributed by atoms with van der Waals surface area (Å²) in [4.78, 5) is 3.36. The Morgan fingerprint density at radius 3 is 2.52 bits per heavy atom. The van der Waals surface area contributed by atoms with Crippen LogP contribution in [0.5, 0.6) is 28.7 Å². The molecule has 0 spiro atoms. The van der Waals surface area contributed by atoms with E-state index in [0.29, 0.717) is 75.8 Å². The predicted molar refractivity (Wildman–Crippen MR) is 253 cm³/mol. The highest BCUT2D eigenvalue weighted by molar-refractivity contribution is 5.90. The molecular weight excluding hydrogens is 823 g/mol. The maximum atomic E-state index is 11.7. The molecule has 9 rings (SSSR count). The van der Waals surface area contributed by atoms with Crippen LogP contribution in [0.2, 0.25) is 0 Å². The average molecular weight is 888 g/mol. The van der Waals surface area contributed by atoms with E-state index in [1.807, 2.05) is 45.4 Å². The lowest BCUT2D eigenvalue weighted by atomic mass is 9.62. The molecule has 6 atom stereocenters. The molecular formula is C52H65N5O8. The van der Waals surface area contributed by atoms with Gasteiger partial charge in [0.2, 0.25) is 0 Å². The van der Waals surface area contributed by atoms with E-state index in [0.717, 1.165) is 61.2 Å². The molecule has 4 aromatic carbocycles. The van der Waals surface area contributed by atoms with Crippen molar-refractivity contribution in [1.29, 1.82) is 0 Å². The number of hydrogen-bond donors (Lipinski definition) is 9. The summed E-state index contributed by atoms with van der Waals surface area (Å²) in [6.45, 7) is 8.02. The number of aromatic hydroxyl groups is 2. The first kappa shape index (κ1) is 45.1. The number of aliphatic hydroxyl groups excluding tert-OH is 1. The van der Waals surface area contributed by atoms with Crippen molar-refractivity contribution in [3.63, 3.8) is 0 Å². The van der Waals surface area contributed by atoms with Crippen molar-refractivity contribution in [2.45, 2.75) is 88.1 Å². The number of aliphatic hydroxyl groups is 2. The van der Waals surface area contributed by atoms with E-state index in [1.165, 1.54) is 18.2 Å². The van der Waals surface area contributed by atoms with Crippen molar-refractivity contribution in [3.05, 3.63) is 105 Å². The number of phenolic OH excluding ortho intramolecular Hbond substituents is 2. The fourth-order valence-electron chi connectivity index (χ4n) is 11.4. The van der Waals surface area contributed by atoms with Gasteiger partial charge in [0.15, 0.2) is 17.6 Å². The summed E-state index contributed by atoms with van der Waals surface area (Å²) >= 11 is 0. The first-order chi connectivity index (χ1) is 31.4. The SMILES string of the molecule is CNCO[C@]1(CNCNC[C@@](C)(O)CC(C)C)Cc2c3c(c4c(c2O[C@@H]1c1ccc(O)c(OC)c1)CC[C@H](CO)O4)-c1ccc(O)c2c1[C@H](C3)[C@@H](c1ccc3[nH]ccc3c1)C(CNC)=C2. The highest BCUT2D eigenvalue weighted by Crippen LogP contribution is 2.61. The monoisotopic (exact) mass is 887 g/mol. The van der Waals surface area contributed by atoms with Gasteiger partial charge >= 0.3 is 0 Å². The third-order valence-electron chi connectivity index (χ3n) is 13.9. The number of aromatic nitrogens is 1. The van der Waals surface area contributed by atoms with Crippen molar-refractivity contribution >= 4 is 17.0 Å². The van der Waals surface area contributed by atoms with Crippen LogP contribution in [0.1, 0.15) is 90.5 Å². The number of fused-ring (bicyclic) bond motifs is 8. The zero-order valence-corrected chi connectivity index (χ0v) is 38.4. The van der Waals surface area contributed by atoms with E-state index >= 15 is 0 Å². The summed E-state index contributed by atoms with van der Waals surface area (Å²) in [6.07, 6.45) is 6.08. The summed E-state index contributed by atoms with van der Waals surface area (Å²) in [5.41, 5.74) is 9.36. The second-order valence-electron chi connectivity index (χ2n) is 19.2. The maximum absolute atomic E-state index is 11.7. The molecule has 13 heteroatoms. The summed E-state index contributed by atoms with van der Waals surface area (Å²) in [5.74, 6) is 2.33. The first-order valence-electron chi connectivity index (χ1n) is 23.1. The minimum atomic E-state index is -1.01. The molecule has 65 heavy (non-hydrogen) atoms. The van der Waals surface area contributed by atoms with Gasteiger partial charge in [-0.25, -0.2) is 0 Å². The van der Waals surface area contributed by atoms with Crippen LogP contribution in [0.3, 0.4) is 0 Å². The number of H-pyrrole nitrogens is 1. The molecule has 0 amide bonds. The molecule has 2 aliphatic heterocycles. The minimum Gasteiger partial charge on any atom is -0.507 e. The molecule has 9 N–H and O–H groups in total. The fourth-order valence-corrected chi connectivity index (χ4v) is 11.4. The molecule has 0 bridgehead atoms. The van der Waals surface area contributed by atoms with Crippen molar-refractivity contribution in [2.24, 2.45) is 5.92 Å². The lowest BCUT2D eigenvalue weighted by Crippen LogP contribution is -2.56. The summed E-state index contributed by atoms with van der Waals surface area (Å²) in [7, 11) is 5.36. The Bertz CT molecular complexity index is 2590. The van der Waals surface area contributed by atoms with Gasteiger partial charge in [-0.15, -0.1) is 0 Å². The zero-order chi connectivity index (χ0) is 45.6. The topological polar surface area (TPSA) is 182 Å². The number of rotatable bonds is 17. The van der Waals surface area contributed by atoms with E-state index in [-0.39, 0.29) is 36.7 Å². The number of methoxy groups -OCH3 is 1. The van der Waals surface area contributed by atoms with Crippen LogP contribution in [0.4, 0.5) is 0 Å². The molecule has 1 aromatic heterocycles. The standard InChI is InChI=1S/C52H65N5O8/c1-29(2)21-51(3,61)25-55-27-56-26-52(63-28-54-5)22-40-37-20-39-45(31-7-12-41-30(17-31)15-16-57-41)33(23-53-4)18-38-42(59)14-11-35(46(38)39)47(37)49-36(10-9-34(24-58)64-49)48(40)65-50(52)32-8-13-43(60)44(19-32)62-6/h7-8,11-19,29,34,39,45,50,53-61H,9-10,20-28H2,1-6H3/t34-,39-,45+,50-,51+,52+/m1/s1. The zero-order valence-electron chi connectivity index (χ0n) is 38.4. The Hall–Kier alpha value is -5.12. The van der Waals surface area contributed by atoms with Gasteiger partial charge in [0, 0.05) is 72.6 Å². The van der Waals surface area contributed by atoms with E-state index in [2.05, 4.69) is 70.4 Å².